The van der Waals surface area contributed by atoms with Gasteiger partial charge in [-0.2, -0.15) is 0 Å². The summed E-state index contributed by atoms with van der Waals surface area (Å²) in [6, 6.07) is 14.2. The molecule has 0 nitrogen and oxygen atoms in total. The SMILES string of the molecule is Cc1cc(C#Cc2ccc(C#Cc3cc(F)c(C)c(F)c3)cc2)cc(C)c1C. The number of benzene rings is 3. The highest BCUT2D eigenvalue weighted by Crippen LogP contribution is 2.15. The van der Waals surface area contributed by atoms with Crippen molar-refractivity contribution in [1.29, 1.82) is 0 Å². The van der Waals surface area contributed by atoms with Gasteiger partial charge in [-0.1, -0.05) is 23.7 Å². The van der Waals surface area contributed by atoms with Crippen LogP contribution in [0.1, 0.15) is 44.5 Å². The van der Waals surface area contributed by atoms with E-state index in [0.29, 0.717) is 5.56 Å². The molecule has 0 bridgehead atoms. The fourth-order valence-electron chi connectivity index (χ4n) is 2.75. The molecule has 3 aromatic rings. The summed E-state index contributed by atoms with van der Waals surface area (Å²) in [5.74, 6) is 10.9. The van der Waals surface area contributed by atoms with Crippen LogP contribution in [0.3, 0.4) is 0 Å². The van der Waals surface area contributed by atoms with E-state index in [2.05, 4.69) is 56.6 Å². The van der Waals surface area contributed by atoms with Gasteiger partial charge in [0.1, 0.15) is 11.6 Å². The van der Waals surface area contributed by atoms with E-state index < -0.39 is 11.6 Å². The van der Waals surface area contributed by atoms with Crippen LogP contribution in [0.2, 0.25) is 0 Å². The van der Waals surface area contributed by atoms with Crippen LogP contribution in [0.4, 0.5) is 8.78 Å². The minimum atomic E-state index is -0.587. The van der Waals surface area contributed by atoms with Crippen molar-refractivity contribution in [2.24, 2.45) is 0 Å². The van der Waals surface area contributed by atoms with Crippen LogP contribution in [0.15, 0.2) is 48.5 Å². The smallest absolute Gasteiger partial charge is 0.130 e. The van der Waals surface area contributed by atoms with Gasteiger partial charge in [0.05, 0.1) is 0 Å². The highest BCUT2D eigenvalue weighted by atomic mass is 19.1. The van der Waals surface area contributed by atoms with Gasteiger partial charge in [-0.25, -0.2) is 8.78 Å². The quantitative estimate of drug-likeness (QED) is 0.426. The molecule has 0 heterocycles. The van der Waals surface area contributed by atoms with E-state index in [0.717, 1.165) is 16.7 Å². The topological polar surface area (TPSA) is 0 Å². The number of hydrogen-bond acceptors (Lipinski definition) is 0. The maximum atomic E-state index is 13.6. The van der Waals surface area contributed by atoms with Crippen LogP contribution < -0.4 is 0 Å². The lowest BCUT2D eigenvalue weighted by atomic mass is 10.0. The van der Waals surface area contributed by atoms with E-state index in [-0.39, 0.29) is 5.56 Å². The van der Waals surface area contributed by atoms with E-state index in [4.69, 9.17) is 0 Å². The summed E-state index contributed by atoms with van der Waals surface area (Å²) in [5.41, 5.74) is 6.72. The molecule has 0 spiro atoms. The minimum absolute atomic E-state index is 0.00689. The Labute approximate surface area is 165 Å². The monoisotopic (exact) mass is 370 g/mol. The average Bonchev–Trinajstić information content (AvgIpc) is 2.67. The zero-order valence-electron chi connectivity index (χ0n) is 16.4. The van der Waals surface area contributed by atoms with Crippen LogP contribution in [0, 0.1) is 63.0 Å². The summed E-state index contributed by atoms with van der Waals surface area (Å²) >= 11 is 0. The summed E-state index contributed by atoms with van der Waals surface area (Å²) < 4.78 is 27.2. The number of halogens is 2. The summed E-state index contributed by atoms with van der Waals surface area (Å²) in [6.45, 7) is 7.70. The molecule has 3 rings (SSSR count). The number of aryl methyl sites for hydroxylation is 2. The van der Waals surface area contributed by atoms with E-state index >= 15 is 0 Å². The second-order valence-corrected chi connectivity index (χ2v) is 6.88. The molecule has 0 atom stereocenters. The molecule has 2 heteroatoms. The molecule has 0 radical (unpaired) electrons. The van der Waals surface area contributed by atoms with E-state index in [1.54, 1.807) is 0 Å². The molecule has 0 amide bonds. The lowest BCUT2D eigenvalue weighted by Gasteiger charge is -2.04. The van der Waals surface area contributed by atoms with Crippen molar-refractivity contribution in [3.05, 3.63) is 105 Å². The molecule has 0 aliphatic heterocycles. The Morgan fingerprint density at radius 3 is 1.29 bits per heavy atom. The van der Waals surface area contributed by atoms with Gasteiger partial charge in [0.15, 0.2) is 0 Å². The first-order chi connectivity index (χ1) is 13.3. The third kappa shape index (κ3) is 4.48. The first kappa shape index (κ1) is 19.4. The second-order valence-electron chi connectivity index (χ2n) is 6.88. The molecule has 0 aliphatic carbocycles. The van der Waals surface area contributed by atoms with Gasteiger partial charge in [-0.15, -0.1) is 0 Å². The predicted octanol–water partition coefficient (Wildman–Crippen LogP) is 6.00. The Morgan fingerprint density at radius 2 is 0.857 bits per heavy atom. The fourth-order valence-corrected chi connectivity index (χ4v) is 2.75. The molecule has 0 aliphatic rings. The predicted molar refractivity (Wildman–Crippen MR) is 110 cm³/mol. The molecule has 3 aromatic carbocycles. The zero-order chi connectivity index (χ0) is 20.3. The third-order valence-corrected chi connectivity index (χ3v) is 4.80. The number of hydrogen-bond donors (Lipinski definition) is 0. The van der Waals surface area contributed by atoms with Crippen molar-refractivity contribution in [2.45, 2.75) is 27.7 Å². The van der Waals surface area contributed by atoms with Crippen LogP contribution in [0.25, 0.3) is 0 Å². The lowest BCUT2D eigenvalue weighted by molar-refractivity contribution is 0.567. The fraction of sp³-hybridized carbons (Fsp3) is 0.154. The zero-order valence-corrected chi connectivity index (χ0v) is 16.4. The van der Waals surface area contributed by atoms with Crippen molar-refractivity contribution in [1.82, 2.24) is 0 Å². The molecule has 0 unspecified atom stereocenters. The Bertz CT molecular complexity index is 1020. The van der Waals surface area contributed by atoms with Gasteiger partial charge in [0, 0.05) is 27.8 Å². The van der Waals surface area contributed by atoms with Crippen molar-refractivity contribution in [2.75, 3.05) is 0 Å². The summed E-state index contributed by atoms with van der Waals surface area (Å²) in [5, 5.41) is 0. The average molecular weight is 370 g/mol. The summed E-state index contributed by atoms with van der Waals surface area (Å²) in [6.07, 6.45) is 0. The molecule has 0 saturated heterocycles. The highest BCUT2D eigenvalue weighted by Gasteiger charge is 2.05. The summed E-state index contributed by atoms with van der Waals surface area (Å²) in [7, 11) is 0. The molecule has 0 saturated carbocycles. The van der Waals surface area contributed by atoms with E-state index in [1.165, 1.54) is 35.7 Å². The van der Waals surface area contributed by atoms with Crippen LogP contribution in [-0.4, -0.2) is 0 Å². The molecular weight excluding hydrogens is 350 g/mol. The second kappa shape index (κ2) is 8.12. The van der Waals surface area contributed by atoms with Crippen molar-refractivity contribution >= 4 is 0 Å². The van der Waals surface area contributed by atoms with Gasteiger partial charge in [0.25, 0.3) is 0 Å². The molecule has 0 N–H and O–H groups in total. The van der Waals surface area contributed by atoms with Gasteiger partial charge >= 0.3 is 0 Å². The molecule has 0 aromatic heterocycles. The largest absolute Gasteiger partial charge is 0.207 e. The van der Waals surface area contributed by atoms with Crippen LogP contribution in [0.5, 0.6) is 0 Å². The van der Waals surface area contributed by atoms with Gasteiger partial charge < -0.3 is 0 Å². The molecular formula is C26H20F2. The molecule has 28 heavy (non-hydrogen) atoms. The Kier molecular flexibility index (Phi) is 5.62. The number of rotatable bonds is 0. The summed E-state index contributed by atoms with van der Waals surface area (Å²) in [4.78, 5) is 0. The first-order valence-electron chi connectivity index (χ1n) is 9.01. The lowest BCUT2D eigenvalue weighted by Crippen LogP contribution is -1.90. The van der Waals surface area contributed by atoms with Gasteiger partial charge in [-0.3, -0.25) is 0 Å². The van der Waals surface area contributed by atoms with Crippen LogP contribution >= 0.6 is 0 Å². The van der Waals surface area contributed by atoms with Gasteiger partial charge in [-0.05, 0) is 92.9 Å². The van der Waals surface area contributed by atoms with Crippen molar-refractivity contribution in [3.63, 3.8) is 0 Å². The first-order valence-corrected chi connectivity index (χ1v) is 9.01. The minimum Gasteiger partial charge on any atom is -0.207 e. The Hall–Kier alpha value is -3.36. The molecule has 0 fully saturated rings. The maximum absolute atomic E-state index is 13.6. The van der Waals surface area contributed by atoms with Crippen LogP contribution in [-0.2, 0) is 0 Å². The Morgan fingerprint density at radius 1 is 0.500 bits per heavy atom. The standard InChI is InChI=1S/C26H20F2/c1-17-13-23(14-18(2)19(17)3)11-9-21-5-7-22(8-6-21)10-12-24-15-25(27)20(4)26(28)16-24/h5-8,13-16H,1-4H3. The van der Waals surface area contributed by atoms with Crippen molar-refractivity contribution < 1.29 is 8.78 Å². The molecule has 138 valence electrons. The van der Waals surface area contributed by atoms with Gasteiger partial charge in [0.2, 0.25) is 0 Å². The Balaban J connectivity index is 1.79. The van der Waals surface area contributed by atoms with E-state index in [9.17, 15) is 8.78 Å². The normalized spacial score (nSPS) is 9.93. The maximum Gasteiger partial charge on any atom is 0.130 e. The van der Waals surface area contributed by atoms with Crippen molar-refractivity contribution in [3.8, 4) is 23.7 Å². The highest BCUT2D eigenvalue weighted by molar-refractivity contribution is 5.50. The third-order valence-electron chi connectivity index (χ3n) is 4.80. The van der Waals surface area contributed by atoms with E-state index in [1.807, 2.05) is 24.3 Å².